The zero-order valence-electron chi connectivity index (χ0n) is 14.3. The van der Waals surface area contributed by atoms with Gasteiger partial charge in [0.2, 0.25) is 5.89 Å². The van der Waals surface area contributed by atoms with Crippen LogP contribution in [-0.2, 0) is 0 Å². The summed E-state index contributed by atoms with van der Waals surface area (Å²) < 4.78 is 43.0. The van der Waals surface area contributed by atoms with E-state index in [1.54, 1.807) is 39.3 Å². The molecule has 0 spiro atoms. The molecule has 0 saturated heterocycles. The molecule has 26 heavy (non-hydrogen) atoms. The second-order valence-corrected chi connectivity index (χ2v) is 6.69. The van der Waals surface area contributed by atoms with Crippen LogP contribution in [0.15, 0.2) is 46.0 Å². The van der Waals surface area contributed by atoms with E-state index in [0.29, 0.717) is 22.6 Å². The molecule has 1 aromatic heterocycles. The highest BCUT2D eigenvalue weighted by Gasteiger charge is 2.18. The van der Waals surface area contributed by atoms with Crippen molar-refractivity contribution in [3.63, 3.8) is 0 Å². The van der Waals surface area contributed by atoms with E-state index in [1.165, 1.54) is 23.9 Å². The molecule has 5 nitrogen and oxygen atoms in total. The Morgan fingerprint density at radius 1 is 1.00 bits per heavy atom. The number of halogens is 2. The van der Waals surface area contributed by atoms with Crippen LogP contribution >= 0.6 is 11.8 Å². The summed E-state index contributed by atoms with van der Waals surface area (Å²) in [4.78, 5) is 0. The van der Waals surface area contributed by atoms with Gasteiger partial charge in [0, 0.05) is 28.5 Å². The summed E-state index contributed by atoms with van der Waals surface area (Å²) in [5, 5.41) is 7.95. The van der Waals surface area contributed by atoms with Crippen molar-refractivity contribution >= 4 is 11.8 Å². The maximum absolute atomic E-state index is 13.9. The van der Waals surface area contributed by atoms with Gasteiger partial charge in [-0.1, -0.05) is 17.8 Å². The van der Waals surface area contributed by atoms with Crippen molar-refractivity contribution in [2.45, 2.75) is 17.4 Å². The largest absolute Gasteiger partial charge is 0.497 e. The van der Waals surface area contributed by atoms with Crippen LogP contribution in [0.5, 0.6) is 11.5 Å². The third-order valence-corrected chi connectivity index (χ3v) is 4.66. The van der Waals surface area contributed by atoms with Crippen molar-refractivity contribution in [3.05, 3.63) is 53.6 Å². The van der Waals surface area contributed by atoms with Gasteiger partial charge in [0.15, 0.2) is 0 Å². The van der Waals surface area contributed by atoms with E-state index in [2.05, 4.69) is 10.2 Å². The Bertz CT molecular complexity index is 895. The fourth-order valence-electron chi connectivity index (χ4n) is 2.35. The van der Waals surface area contributed by atoms with Gasteiger partial charge in [-0.2, -0.15) is 0 Å². The molecule has 136 valence electrons. The fourth-order valence-corrected chi connectivity index (χ4v) is 3.19. The van der Waals surface area contributed by atoms with Crippen LogP contribution in [0.3, 0.4) is 0 Å². The third-order valence-electron chi connectivity index (χ3n) is 3.68. The minimum Gasteiger partial charge on any atom is -0.497 e. The lowest BCUT2D eigenvalue weighted by Gasteiger charge is -2.09. The Morgan fingerprint density at radius 3 is 2.31 bits per heavy atom. The molecule has 0 aliphatic rings. The minimum absolute atomic E-state index is 0.276. The average molecular weight is 378 g/mol. The Hall–Kier alpha value is -2.61. The molecule has 1 atom stereocenters. The van der Waals surface area contributed by atoms with Crippen LogP contribution in [0.1, 0.15) is 17.7 Å². The van der Waals surface area contributed by atoms with Crippen LogP contribution < -0.4 is 9.47 Å². The van der Waals surface area contributed by atoms with E-state index < -0.39 is 11.6 Å². The number of benzene rings is 2. The number of nitrogens with zero attached hydrogens (tertiary/aromatic N) is 2. The van der Waals surface area contributed by atoms with Gasteiger partial charge < -0.3 is 13.9 Å². The second kappa shape index (κ2) is 7.74. The summed E-state index contributed by atoms with van der Waals surface area (Å²) in [6, 6.07) is 8.70. The first-order valence-corrected chi connectivity index (χ1v) is 8.56. The molecule has 0 aliphatic carbocycles. The van der Waals surface area contributed by atoms with Gasteiger partial charge in [-0.15, -0.1) is 10.2 Å². The molecule has 3 rings (SSSR count). The van der Waals surface area contributed by atoms with Crippen molar-refractivity contribution in [2.75, 3.05) is 14.2 Å². The SMILES string of the molecule is COc1cc(OC)cc(-c2nnc(SC(C)c3ccc(F)cc3F)o2)c1. The molecule has 3 aromatic rings. The maximum Gasteiger partial charge on any atom is 0.277 e. The van der Waals surface area contributed by atoms with Gasteiger partial charge in [0.05, 0.1) is 14.2 Å². The Labute approximate surface area is 153 Å². The van der Waals surface area contributed by atoms with Crippen LogP contribution in [0.4, 0.5) is 8.78 Å². The lowest BCUT2D eigenvalue weighted by molar-refractivity contribution is 0.394. The number of rotatable bonds is 6. The lowest BCUT2D eigenvalue weighted by Crippen LogP contribution is -1.94. The average Bonchev–Trinajstić information content (AvgIpc) is 3.09. The molecule has 0 amide bonds. The first kappa shape index (κ1) is 18.2. The minimum atomic E-state index is -0.615. The van der Waals surface area contributed by atoms with E-state index in [-0.39, 0.29) is 16.4 Å². The smallest absolute Gasteiger partial charge is 0.277 e. The van der Waals surface area contributed by atoms with E-state index in [0.717, 1.165) is 6.07 Å². The van der Waals surface area contributed by atoms with Crippen LogP contribution in [-0.4, -0.2) is 24.4 Å². The molecule has 2 aromatic carbocycles. The summed E-state index contributed by atoms with van der Waals surface area (Å²) in [5.74, 6) is 0.247. The maximum atomic E-state index is 13.9. The standard InChI is InChI=1S/C18H16F2N2O3S/c1-10(15-5-4-12(19)8-16(15)20)26-18-22-21-17(25-18)11-6-13(23-2)9-14(7-11)24-3/h4-10H,1-3H3. The van der Waals surface area contributed by atoms with Gasteiger partial charge in [0.1, 0.15) is 23.1 Å². The van der Waals surface area contributed by atoms with Crippen molar-refractivity contribution in [1.29, 1.82) is 0 Å². The van der Waals surface area contributed by atoms with E-state index >= 15 is 0 Å². The van der Waals surface area contributed by atoms with Crippen molar-refractivity contribution in [1.82, 2.24) is 10.2 Å². The predicted molar refractivity (Wildman–Crippen MR) is 93.5 cm³/mol. The Kier molecular flexibility index (Phi) is 5.41. The molecule has 0 bridgehead atoms. The summed E-state index contributed by atoms with van der Waals surface area (Å²) in [5.41, 5.74) is 1.00. The molecule has 0 saturated carbocycles. The number of methoxy groups -OCH3 is 2. The molecular weight excluding hydrogens is 362 g/mol. The fraction of sp³-hybridized carbons (Fsp3) is 0.222. The van der Waals surface area contributed by atoms with E-state index in [4.69, 9.17) is 13.9 Å². The van der Waals surface area contributed by atoms with Crippen LogP contribution in [0, 0.1) is 11.6 Å². The number of thioether (sulfide) groups is 1. The molecule has 1 unspecified atom stereocenters. The first-order chi connectivity index (χ1) is 12.5. The van der Waals surface area contributed by atoms with Gasteiger partial charge in [-0.25, -0.2) is 8.78 Å². The number of hydrogen-bond acceptors (Lipinski definition) is 6. The van der Waals surface area contributed by atoms with Crippen LogP contribution in [0.2, 0.25) is 0 Å². The zero-order chi connectivity index (χ0) is 18.7. The highest BCUT2D eigenvalue weighted by Crippen LogP contribution is 2.37. The molecule has 8 heteroatoms. The topological polar surface area (TPSA) is 57.4 Å². The normalized spacial score (nSPS) is 12.0. The van der Waals surface area contributed by atoms with E-state index in [9.17, 15) is 8.78 Å². The summed E-state index contributed by atoms with van der Waals surface area (Å²) in [6.07, 6.45) is 0. The molecule has 0 radical (unpaired) electrons. The monoisotopic (exact) mass is 378 g/mol. The summed E-state index contributed by atoms with van der Waals surface area (Å²) in [6.45, 7) is 1.78. The molecule has 0 fully saturated rings. The number of ether oxygens (including phenoxy) is 2. The Balaban J connectivity index is 1.82. The second-order valence-electron chi connectivity index (χ2n) is 5.40. The first-order valence-electron chi connectivity index (χ1n) is 7.68. The van der Waals surface area contributed by atoms with Crippen LogP contribution in [0.25, 0.3) is 11.5 Å². The van der Waals surface area contributed by atoms with Gasteiger partial charge >= 0.3 is 0 Å². The lowest BCUT2D eigenvalue weighted by atomic mass is 10.1. The quantitative estimate of drug-likeness (QED) is 0.570. The summed E-state index contributed by atoms with van der Waals surface area (Å²) in [7, 11) is 3.10. The van der Waals surface area contributed by atoms with Gasteiger partial charge in [0.25, 0.3) is 5.22 Å². The number of hydrogen-bond donors (Lipinski definition) is 0. The highest BCUT2D eigenvalue weighted by atomic mass is 32.2. The molecule has 1 heterocycles. The molecule has 0 N–H and O–H groups in total. The van der Waals surface area contributed by atoms with Crippen molar-refractivity contribution in [2.24, 2.45) is 0 Å². The highest BCUT2D eigenvalue weighted by molar-refractivity contribution is 7.99. The Morgan fingerprint density at radius 2 is 1.69 bits per heavy atom. The van der Waals surface area contributed by atoms with Crippen molar-refractivity contribution < 1.29 is 22.7 Å². The van der Waals surface area contributed by atoms with Gasteiger partial charge in [-0.3, -0.25) is 0 Å². The molecule has 0 aliphatic heterocycles. The zero-order valence-corrected chi connectivity index (χ0v) is 15.1. The van der Waals surface area contributed by atoms with Crippen molar-refractivity contribution in [3.8, 4) is 23.0 Å². The van der Waals surface area contributed by atoms with Gasteiger partial charge in [-0.05, 0) is 25.1 Å². The third kappa shape index (κ3) is 3.96. The number of aromatic nitrogens is 2. The summed E-state index contributed by atoms with van der Waals surface area (Å²) >= 11 is 1.19. The van der Waals surface area contributed by atoms with E-state index in [1.807, 2.05) is 0 Å². The predicted octanol–water partition coefficient (Wildman–Crippen LogP) is 4.89. The molecular formula is C18H16F2N2O3S.